The average Bonchev–Trinajstić information content (AvgIpc) is 3.06. The standard InChI is InChI=1S/C24H24ClNO5/c1-31-17-10-7-14(8-11-17)22(28)20-21(15-9-12-19(27)18(25)13-15)26(24(30)23(20)29)16-5-3-2-4-6-16/h7-13,16,21,27-28H,2-6H2,1H3/b22-20-. The maximum absolute atomic E-state index is 13.1. The van der Waals surface area contributed by atoms with Crippen LogP contribution in [0.4, 0.5) is 0 Å². The summed E-state index contributed by atoms with van der Waals surface area (Å²) in [7, 11) is 1.54. The molecule has 31 heavy (non-hydrogen) atoms. The molecule has 1 saturated heterocycles. The number of Topliss-reactive ketones (excluding diaryl/α,β-unsaturated/α-hetero) is 1. The zero-order valence-electron chi connectivity index (χ0n) is 17.2. The first-order chi connectivity index (χ1) is 14.9. The van der Waals surface area contributed by atoms with Crippen molar-refractivity contribution in [1.82, 2.24) is 4.90 Å². The van der Waals surface area contributed by atoms with E-state index >= 15 is 0 Å². The first-order valence-corrected chi connectivity index (χ1v) is 10.7. The van der Waals surface area contributed by atoms with E-state index in [1.54, 1.807) is 48.4 Å². The van der Waals surface area contributed by atoms with Crippen LogP contribution in [-0.4, -0.2) is 40.0 Å². The number of amides is 1. The van der Waals surface area contributed by atoms with E-state index in [0.717, 1.165) is 32.1 Å². The van der Waals surface area contributed by atoms with E-state index in [1.807, 2.05) is 0 Å². The van der Waals surface area contributed by atoms with Crippen molar-refractivity contribution in [1.29, 1.82) is 0 Å². The van der Waals surface area contributed by atoms with Crippen LogP contribution < -0.4 is 4.74 Å². The summed E-state index contributed by atoms with van der Waals surface area (Å²) in [6, 6.07) is 10.4. The van der Waals surface area contributed by atoms with Crippen molar-refractivity contribution in [2.24, 2.45) is 0 Å². The number of phenolic OH excluding ortho intramolecular Hbond substituents is 1. The molecular formula is C24H24ClNO5. The molecule has 162 valence electrons. The summed E-state index contributed by atoms with van der Waals surface area (Å²) in [5.41, 5.74) is 1.02. The Morgan fingerprint density at radius 2 is 1.74 bits per heavy atom. The third-order valence-corrected chi connectivity index (χ3v) is 6.40. The number of rotatable bonds is 4. The Balaban J connectivity index is 1.87. The van der Waals surface area contributed by atoms with Crippen LogP contribution in [0.25, 0.3) is 5.76 Å². The largest absolute Gasteiger partial charge is 0.507 e. The number of carbonyl (C=O) groups is 2. The van der Waals surface area contributed by atoms with E-state index in [4.69, 9.17) is 16.3 Å². The molecule has 1 aliphatic heterocycles. The molecule has 1 saturated carbocycles. The number of carbonyl (C=O) groups excluding carboxylic acids is 2. The molecular weight excluding hydrogens is 418 g/mol. The Morgan fingerprint density at radius 1 is 1.06 bits per heavy atom. The Labute approximate surface area is 185 Å². The molecule has 0 spiro atoms. The number of likely N-dealkylation sites (tertiary alicyclic amines) is 1. The zero-order valence-corrected chi connectivity index (χ0v) is 17.9. The van der Waals surface area contributed by atoms with Gasteiger partial charge in [0, 0.05) is 11.6 Å². The number of benzene rings is 2. The number of methoxy groups -OCH3 is 1. The average molecular weight is 442 g/mol. The number of hydrogen-bond donors (Lipinski definition) is 2. The monoisotopic (exact) mass is 441 g/mol. The van der Waals surface area contributed by atoms with Gasteiger partial charge >= 0.3 is 0 Å². The van der Waals surface area contributed by atoms with Gasteiger partial charge in [-0.05, 0) is 54.8 Å². The Morgan fingerprint density at radius 3 is 2.35 bits per heavy atom. The summed E-state index contributed by atoms with van der Waals surface area (Å²) in [5, 5.41) is 21.1. The van der Waals surface area contributed by atoms with Gasteiger partial charge in [-0.3, -0.25) is 9.59 Å². The second kappa shape index (κ2) is 8.63. The molecule has 4 rings (SSSR count). The highest BCUT2D eigenvalue weighted by molar-refractivity contribution is 6.46. The predicted octanol–water partition coefficient (Wildman–Crippen LogP) is 4.81. The Hall–Kier alpha value is -2.99. The topological polar surface area (TPSA) is 87.1 Å². The molecule has 2 aliphatic rings. The summed E-state index contributed by atoms with van der Waals surface area (Å²) in [5.74, 6) is -1.05. The lowest BCUT2D eigenvalue weighted by Crippen LogP contribution is -2.40. The van der Waals surface area contributed by atoms with Crippen LogP contribution in [0, 0.1) is 0 Å². The van der Waals surface area contributed by atoms with Gasteiger partial charge in [-0.15, -0.1) is 0 Å². The molecule has 1 heterocycles. The number of ether oxygens (including phenoxy) is 1. The van der Waals surface area contributed by atoms with Crippen molar-refractivity contribution in [2.45, 2.75) is 44.2 Å². The van der Waals surface area contributed by atoms with Crippen LogP contribution >= 0.6 is 11.6 Å². The van der Waals surface area contributed by atoms with Crippen LogP contribution in [0.3, 0.4) is 0 Å². The summed E-state index contributed by atoms with van der Waals surface area (Å²) < 4.78 is 5.16. The number of halogens is 1. The quantitative estimate of drug-likeness (QED) is 0.404. The molecule has 2 fully saturated rings. The SMILES string of the molecule is COc1ccc(/C(O)=C2/C(=O)C(=O)N(C3CCCCC3)C2c2ccc(O)c(Cl)c2)cc1. The minimum Gasteiger partial charge on any atom is -0.507 e. The van der Waals surface area contributed by atoms with E-state index in [2.05, 4.69) is 0 Å². The maximum Gasteiger partial charge on any atom is 0.295 e. The predicted molar refractivity (Wildman–Crippen MR) is 117 cm³/mol. The smallest absolute Gasteiger partial charge is 0.295 e. The van der Waals surface area contributed by atoms with E-state index in [-0.39, 0.29) is 28.1 Å². The number of hydrogen-bond acceptors (Lipinski definition) is 5. The van der Waals surface area contributed by atoms with Gasteiger partial charge in [0.1, 0.15) is 17.3 Å². The molecule has 1 unspecified atom stereocenters. The molecule has 1 amide bonds. The number of ketones is 1. The van der Waals surface area contributed by atoms with Gasteiger partial charge in [0.25, 0.3) is 11.7 Å². The van der Waals surface area contributed by atoms with E-state index < -0.39 is 17.7 Å². The fraction of sp³-hybridized carbons (Fsp3) is 0.333. The molecule has 6 nitrogen and oxygen atoms in total. The Kier molecular flexibility index (Phi) is 5.92. The normalized spacial score (nSPS) is 21.5. The third kappa shape index (κ3) is 3.88. The molecule has 1 aliphatic carbocycles. The lowest BCUT2D eigenvalue weighted by atomic mass is 9.91. The summed E-state index contributed by atoms with van der Waals surface area (Å²) >= 11 is 6.15. The van der Waals surface area contributed by atoms with Gasteiger partial charge in [0.05, 0.1) is 23.7 Å². The highest BCUT2D eigenvalue weighted by Crippen LogP contribution is 2.44. The van der Waals surface area contributed by atoms with Crippen molar-refractivity contribution in [3.05, 3.63) is 64.2 Å². The van der Waals surface area contributed by atoms with Crippen molar-refractivity contribution in [2.75, 3.05) is 7.11 Å². The molecule has 1 atom stereocenters. The van der Waals surface area contributed by atoms with Gasteiger partial charge in [-0.25, -0.2) is 0 Å². The number of aromatic hydroxyl groups is 1. The highest BCUT2D eigenvalue weighted by Gasteiger charge is 2.49. The molecule has 0 aromatic heterocycles. The lowest BCUT2D eigenvalue weighted by molar-refractivity contribution is -0.141. The lowest BCUT2D eigenvalue weighted by Gasteiger charge is -2.35. The van der Waals surface area contributed by atoms with Gasteiger partial charge in [0.15, 0.2) is 0 Å². The summed E-state index contributed by atoms with van der Waals surface area (Å²) in [6.45, 7) is 0. The fourth-order valence-electron chi connectivity index (χ4n) is 4.51. The van der Waals surface area contributed by atoms with Crippen LogP contribution in [0.15, 0.2) is 48.0 Å². The minimum absolute atomic E-state index is 0.0301. The number of aliphatic hydroxyl groups is 1. The van der Waals surface area contributed by atoms with Gasteiger partial charge in [-0.2, -0.15) is 0 Å². The van der Waals surface area contributed by atoms with Crippen molar-refractivity contribution in [3.8, 4) is 11.5 Å². The first-order valence-electron chi connectivity index (χ1n) is 10.4. The maximum atomic E-state index is 13.1. The minimum atomic E-state index is -0.775. The molecule has 2 aromatic carbocycles. The third-order valence-electron chi connectivity index (χ3n) is 6.10. The van der Waals surface area contributed by atoms with Crippen LogP contribution in [0.5, 0.6) is 11.5 Å². The second-order valence-corrected chi connectivity index (χ2v) is 8.34. The summed E-state index contributed by atoms with van der Waals surface area (Å²) in [4.78, 5) is 27.8. The first kappa shape index (κ1) is 21.2. The molecule has 2 aromatic rings. The Bertz CT molecular complexity index is 1040. The molecule has 0 bridgehead atoms. The molecule has 0 radical (unpaired) electrons. The van der Waals surface area contributed by atoms with Crippen molar-refractivity contribution >= 4 is 29.1 Å². The van der Waals surface area contributed by atoms with Crippen LogP contribution in [0.1, 0.15) is 49.3 Å². The number of aliphatic hydroxyl groups excluding tert-OH is 1. The van der Waals surface area contributed by atoms with Crippen LogP contribution in [-0.2, 0) is 9.59 Å². The van der Waals surface area contributed by atoms with Gasteiger partial charge in [0.2, 0.25) is 0 Å². The summed E-state index contributed by atoms with van der Waals surface area (Å²) in [6.07, 6.45) is 4.67. The second-order valence-electron chi connectivity index (χ2n) is 7.94. The van der Waals surface area contributed by atoms with Crippen molar-refractivity contribution in [3.63, 3.8) is 0 Å². The zero-order chi connectivity index (χ0) is 22.1. The van der Waals surface area contributed by atoms with Crippen molar-refractivity contribution < 1.29 is 24.5 Å². The van der Waals surface area contributed by atoms with E-state index in [1.165, 1.54) is 6.07 Å². The molecule has 2 N–H and O–H groups in total. The highest BCUT2D eigenvalue weighted by atomic mass is 35.5. The fourth-order valence-corrected chi connectivity index (χ4v) is 4.70. The number of nitrogens with zero attached hydrogens (tertiary/aromatic N) is 1. The van der Waals surface area contributed by atoms with Gasteiger partial charge < -0.3 is 19.8 Å². The number of phenols is 1. The molecule has 7 heteroatoms. The van der Waals surface area contributed by atoms with Crippen LogP contribution in [0.2, 0.25) is 5.02 Å². The van der Waals surface area contributed by atoms with E-state index in [0.29, 0.717) is 16.9 Å². The van der Waals surface area contributed by atoms with E-state index in [9.17, 15) is 19.8 Å². The van der Waals surface area contributed by atoms with Gasteiger partial charge in [-0.1, -0.05) is 36.9 Å².